The van der Waals surface area contributed by atoms with Crippen LogP contribution in [0, 0.1) is 0 Å². The Morgan fingerprint density at radius 1 is 1.08 bits per heavy atom. The molecule has 0 saturated carbocycles. The van der Waals surface area contributed by atoms with Gasteiger partial charge in [-0.25, -0.2) is 0 Å². The third-order valence-corrected chi connectivity index (χ3v) is 5.07. The zero-order chi connectivity index (χ0) is 17.6. The van der Waals surface area contributed by atoms with Crippen LogP contribution in [-0.2, 0) is 0 Å². The van der Waals surface area contributed by atoms with Gasteiger partial charge in [0.25, 0.3) is 0 Å². The van der Waals surface area contributed by atoms with Crippen molar-refractivity contribution in [3.8, 4) is 5.75 Å². The molecule has 1 atom stereocenters. The maximum atomic E-state index is 6.56. The van der Waals surface area contributed by atoms with Gasteiger partial charge < -0.3 is 10.1 Å². The van der Waals surface area contributed by atoms with Gasteiger partial charge in [0.2, 0.25) is 0 Å². The van der Waals surface area contributed by atoms with Gasteiger partial charge in [0, 0.05) is 29.7 Å². The Balaban J connectivity index is 1.98. The summed E-state index contributed by atoms with van der Waals surface area (Å²) >= 11 is 12.7. The molecule has 2 aromatic carbocycles. The molecule has 0 spiro atoms. The molecule has 1 heterocycles. The SMILES string of the molecule is CCOc1ccc(C(c2ccc(Cl)cc2Cl)N2CCCNCC2)cc1. The van der Waals surface area contributed by atoms with Crippen LogP contribution in [0.1, 0.15) is 30.5 Å². The summed E-state index contributed by atoms with van der Waals surface area (Å²) in [5, 5.41) is 4.84. The number of rotatable bonds is 5. The van der Waals surface area contributed by atoms with E-state index < -0.39 is 0 Å². The molecule has 1 aliphatic rings. The lowest BCUT2D eigenvalue weighted by atomic mass is 9.96. The molecule has 3 rings (SSSR count). The highest BCUT2D eigenvalue weighted by molar-refractivity contribution is 6.35. The van der Waals surface area contributed by atoms with Gasteiger partial charge in [-0.15, -0.1) is 0 Å². The van der Waals surface area contributed by atoms with Gasteiger partial charge in [-0.3, -0.25) is 4.90 Å². The van der Waals surface area contributed by atoms with Gasteiger partial charge in [-0.1, -0.05) is 41.4 Å². The summed E-state index contributed by atoms with van der Waals surface area (Å²) < 4.78 is 5.58. The highest BCUT2D eigenvalue weighted by atomic mass is 35.5. The second kappa shape index (κ2) is 8.91. The van der Waals surface area contributed by atoms with E-state index in [0.717, 1.165) is 43.9 Å². The maximum absolute atomic E-state index is 6.56. The first-order valence-corrected chi connectivity index (χ1v) is 9.57. The number of nitrogens with zero attached hydrogens (tertiary/aromatic N) is 1. The Kier molecular flexibility index (Phi) is 6.60. The highest BCUT2D eigenvalue weighted by Crippen LogP contribution is 2.35. The molecule has 1 fully saturated rings. The van der Waals surface area contributed by atoms with Crippen LogP contribution in [-0.4, -0.2) is 37.7 Å². The molecule has 1 N–H and O–H groups in total. The second-order valence-electron chi connectivity index (χ2n) is 6.21. The molecule has 0 bridgehead atoms. The Bertz CT molecular complexity index is 683. The van der Waals surface area contributed by atoms with E-state index in [1.54, 1.807) is 0 Å². The Morgan fingerprint density at radius 3 is 2.60 bits per heavy atom. The molecule has 0 amide bonds. The molecule has 1 saturated heterocycles. The van der Waals surface area contributed by atoms with Crippen molar-refractivity contribution < 1.29 is 4.74 Å². The van der Waals surface area contributed by atoms with Crippen LogP contribution in [0.15, 0.2) is 42.5 Å². The van der Waals surface area contributed by atoms with E-state index in [9.17, 15) is 0 Å². The van der Waals surface area contributed by atoms with Crippen LogP contribution in [0.5, 0.6) is 5.75 Å². The summed E-state index contributed by atoms with van der Waals surface area (Å²) in [6.45, 7) is 6.72. The van der Waals surface area contributed by atoms with Crippen molar-refractivity contribution in [1.82, 2.24) is 10.2 Å². The van der Waals surface area contributed by atoms with Crippen molar-refractivity contribution in [2.45, 2.75) is 19.4 Å². The normalized spacial score (nSPS) is 17.1. The van der Waals surface area contributed by atoms with Crippen LogP contribution in [0.3, 0.4) is 0 Å². The number of ether oxygens (including phenoxy) is 1. The van der Waals surface area contributed by atoms with Crippen LogP contribution in [0.4, 0.5) is 0 Å². The highest BCUT2D eigenvalue weighted by Gasteiger charge is 2.25. The zero-order valence-corrected chi connectivity index (χ0v) is 16.0. The van der Waals surface area contributed by atoms with Crippen LogP contribution in [0.2, 0.25) is 10.0 Å². The van der Waals surface area contributed by atoms with E-state index in [1.807, 2.05) is 37.3 Å². The Labute approximate surface area is 159 Å². The van der Waals surface area contributed by atoms with Crippen molar-refractivity contribution in [3.05, 3.63) is 63.6 Å². The maximum Gasteiger partial charge on any atom is 0.119 e. The molecule has 25 heavy (non-hydrogen) atoms. The lowest BCUT2D eigenvalue weighted by molar-refractivity contribution is 0.241. The van der Waals surface area contributed by atoms with E-state index in [0.29, 0.717) is 16.7 Å². The van der Waals surface area contributed by atoms with Crippen molar-refractivity contribution in [2.75, 3.05) is 32.8 Å². The molecule has 3 nitrogen and oxygen atoms in total. The molecule has 0 radical (unpaired) electrons. The first-order chi connectivity index (χ1) is 12.2. The smallest absolute Gasteiger partial charge is 0.119 e. The summed E-state index contributed by atoms with van der Waals surface area (Å²) in [5.74, 6) is 0.893. The van der Waals surface area contributed by atoms with Gasteiger partial charge in [-0.2, -0.15) is 0 Å². The number of halogens is 2. The first kappa shape index (κ1) is 18.5. The Morgan fingerprint density at radius 2 is 1.88 bits per heavy atom. The van der Waals surface area contributed by atoms with Crippen LogP contribution < -0.4 is 10.1 Å². The predicted octanol–water partition coefficient (Wildman–Crippen LogP) is 4.78. The van der Waals surface area contributed by atoms with Crippen LogP contribution in [0.25, 0.3) is 0 Å². The third-order valence-electron chi connectivity index (χ3n) is 4.50. The molecule has 0 aliphatic carbocycles. The first-order valence-electron chi connectivity index (χ1n) is 8.81. The molecule has 0 aromatic heterocycles. The van der Waals surface area contributed by atoms with Crippen molar-refractivity contribution in [1.29, 1.82) is 0 Å². The minimum Gasteiger partial charge on any atom is -0.494 e. The van der Waals surface area contributed by atoms with Crippen LogP contribution >= 0.6 is 23.2 Å². The Hall–Kier alpha value is -1.26. The standard InChI is InChI=1S/C20H24Cl2N2O/c1-2-25-17-7-4-15(5-8-17)20(24-12-3-10-23-11-13-24)18-9-6-16(21)14-19(18)22/h4-9,14,20,23H,2-3,10-13H2,1H3. The summed E-state index contributed by atoms with van der Waals surface area (Å²) in [5.41, 5.74) is 2.31. The molecule has 1 aliphatic heterocycles. The van der Waals surface area contributed by atoms with Gasteiger partial charge in [0.05, 0.1) is 12.6 Å². The number of nitrogens with one attached hydrogen (secondary N) is 1. The number of hydrogen-bond donors (Lipinski definition) is 1. The quantitative estimate of drug-likeness (QED) is 0.810. The minimum atomic E-state index is 0.111. The molecule has 2 aromatic rings. The summed E-state index contributed by atoms with van der Waals surface area (Å²) in [6, 6.07) is 14.2. The zero-order valence-electron chi connectivity index (χ0n) is 14.5. The van der Waals surface area contributed by atoms with Crippen molar-refractivity contribution in [2.24, 2.45) is 0 Å². The van der Waals surface area contributed by atoms with E-state index in [4.69, 9.17) is 27.9 Å². The second-order valence-corrected chi connectivity index (χ2v) is 7.05. The van der Waals surface area contributed by atoms with Crippen molar-refractivity contribution in [3.63, 3.8) is 0 Å². The molecule has 134 valence electrons. The van der Waals surface area contributed by atoms with Gasteiger partial charge >= 0.3 is 0 Å². The largest absolute Gasteiger partial charge is 0.494 e. The van der Waals surface area contributed by atoms with E-state index in [1.165, 1.54) is 5.56 Å². The fraction of sp³-hybridized carbons (Fsp3) is 0.400. The summed E-state index contributed by atoms with van der Waals surface area (Å²) in [6.07, 6.45) is 1.12. The molecule has 1 unspecified atom stereocenters. The van der Waals surface area contributed by atoms with E-state index in [-0.39, 0.29) is 6.04 Å². The van der Waals surface area contributed by atoms with Gasteiger partial charge in [0.15, 0.2) is 0 Å². The topological polar surface area (TPSA) is 24.5 Å². The molecular weight excluding hydrogens is 355 g/mol. The molecular formula is C20H24Cl2N2O. The van der Waals surface area contributed by atoms with Gasteiger partial charge in [-0.05, 0) is 55.3 Å². The fourth-order valence-electron chi connectivity index (χ4n) is 3.35. The summed E-state index contributed by atoms with van der Waals surface area (Å²) in [7, 11) is 0. The van der Waals surface area contributed by atoms with E-state index >= 15 is 0 Å². The lowest BCUT2D eigenvalue weighted by Gasteiger charge is -2.32. The minimum absolute atomic E-state index is 0.111. The molecule has 5 heteroatoms. The fourth-order valence-corrected chi connectivity index (χ4v) is 3.86. The average Bonchev–Trinajstić information content (AvgIpc) is 2.88. The van der Waals surface area contributed by atoms with E-state index in [2.05, 4.69) is 22.3 Å². The third kappa shape index (κ3) is 4.68. The summed E-state index contributed by atoms with van der Waals surface area (Å²) in [4.78, 5) is 2.49. The monoisotopic (exact) mass is 378 g/mol. The van der Waals surface area contributed by atoms with Gasteiger partial charge in [0.1, 0.15) is 5.75 Å². The number of benzene rings is 2. The predicted molar refractivity (Wildman–Crippen MR) is 105 cm³/mol. The average molecular weight is 379 g/mol. The number of hydrogen-bond acceptors (Lipinski definition) is 3. The van der Waals surface area contributed by atoms with Crippen molar-refractivity contribution >= 4 is 23.2 Å². The lowest BCUT2D eigenvalue weighted by Crippen LogP contribution is -2.33.